The minimum Gasteiger partial charge on any atom is -0.491 e. The van der Waals surface area contributed by atoms with Crippen molar-refractivity contribution in [2.75, 3.05) is 27.4 Å². The van der Waals surface area contributed by atoms with Crippen LogP contribution in [-0.4, -0.2) is 48.2 Å². The highest BCUT2D eigenvalue weighted by atomic mass is 16.5. The van der Waals surface area contributed by atoms with Crippen LogP contribution in [0.4, 0.5) is 0 Å². The number of H-pyrrole nitrogens is 1. The van der Waals surface area contributed by atoms with Crippen LogP contribution >= 0.6 is 0 Å². The maximum Gasteiger partial charge on any atom is 0.260 e. The van der Waals surface area contributed by atoms with Gasteiger partial charge in [-0.15, -0.1) is 0 Å². The van der Waals surface area contributed by atoms with E-state index in [-0.39, 0.29) is 23.0 Å². The number of methoxy groups -OCH3 is 2. The number of aryl methyl sites for hydroxylation is 2. The van der Waals surface area contributed by atoms with E-state index >= 15 is 0 Å². The molecule has 2 N–H and O–H groups in total. The summed E-state index contributed by atoms with van der Waals surface area (Å²) < 4.78 is 16.2. The first-order valence-corrected chi connectivity index (χ1v) is 9.36. The van der Waals surface area contributed by atoms with Crippen LogP contribution in [0.15, 0.2) is 23.0 Å². The summed E-state index contributed by atoms with van der Waals surface area (Å²) in [6.07, 6.45) is 0. The number of pyridine rings is 1. The van der Waals surface area contributed by atoms with E-state index in [0.717, 1.165) is 22.4 Å². The van der Waals surface area contributed by atoms with Crippen molar-refractivity contribution >= 4 is 16.9 Å². The normalized spacial score (nSPS) is 10.7. The number of aromatic nitrogens is 3. The summed E-state index contributed by atoms with van der Waals surface area (Å²) in [4.78, 5) is 35.2. The van der Waals surface area contributed by atoms with Crippen molar-refractivity contribution in [2.45, 2.75) is 20.8 Å². The van der Waals surface area contributed by atoms with Gasteiger partial charge in [0.05, 0.1) is 26.2 Å². The number of ether oxygens (including phenoxy) is 3. The Balaban J connectivity index is 1.97. The van der Waals surface area contributed by atoms with Crippen molar-refractivity contribution < 1.29 is 19.0 Å². The summed E-state index contributed by atoms with van der Waals surface area (Å²) in [7, 11) is 2.95. The molecule has 0 radical (unpaired) electrons. The highest BCUT2D eigenvalue weighted by Gasteiger charge is 2.15. The SMILES string of the molecule is COc1cc2c(=O)[nH]c(-c3cc(C)c(OCCNC(C)=O)c(C)c3)nc2nc1OC. The summed E-state index contributed by atoms with van der Waals surface area (Å²) in [6, 6.07) is 5.32. The van der Waals surface area contributed by atoms with Crippen molar-refractivity contribution in [1.82, 2.24) is 20.3 Å². The number of aromatic amines is 1. The van der Waals surface area contributed by atoms with Crippen molar-refractivity contribution in [2.24, 2.45) is 0 Å². The molecular weight excluding hydrogens is 388 g/mol. The number of hydrogen-bond acceptors (Lipinski definition) is 7. The van der Waals surface area contributed by atoms with Gasteiger partial charge in [-0.25, -0.2) is 4.98 Å². The lowest BCUT2D eigenvalue weighted by atomic mass is 10.0. The minimum atomic E-state index is -0.325. The Kier molecular flexibility index (Phi) is 6.20. The van der Waals surface area contributed by atoms with E-state index < -0.39 is 0 Å². The van der Waals surface area contributed by atoms with Crippen LogP contribution in [0.1, 0.15) is 18.1 Å². The van der Waals surface area contributed by atoms with Crippen molar-refractivity contribution in [3.63, 3.8) is 0 Å². The molecule has 0 unspecified atom stereocenters. The van der Waals surface area contributed by atoms with Gasteiger partial charge in [-0.1, -0.05) is 0 Å². The largest absolute Gasteiger partial charge is 0.491 e. The molecule has 0 bridgehead atoms. The molecule has 2 heterocycles. The summed E-state index contributed by atoms with van der Waals surface area (Å²) in [5.41, 5.74) is 2.44. The van der Waals surface area contributed by atoms with E-state index in [4.69, 9.17) is 14.2 Å². The average molecular weight is 412 g/mol. The van der Waals surface area contributed by atoms with E-state index in [0.29, 0.717) is 30.1 Å². The van der Waals surface area contributed by atoms with E-state index in [1.807, 2.05) is 26.0 Å². The molecular formula is C21H24N4O5. The number of rotatable bonds is 7. The Morgan fingerprint density at radius 2 is 1.80 bits per heavy atom. The summed E-state index contributed by atoms with van der Waals surface area (Å²) in [5, 5.41) is 3.00. The Morgan fingerprint density at radius 1 is 1.10 bits per heavy atom. The zero-order chi connectivity index (χ0) is 21.8. The van der Waals surface area contributed by atoms with Gasteiger partial charge in [0.25, 0.3) is 11.4 Å². The molecule has 2 aromatic heterocycles. The second-order valence-electron chi connectivity index (χ2n) is 6.76. The van der Waals surface area contributed by atoms with Crippen LogP contribution in [0.2, 0.25) is 0 Å². The van der Waals surface area contributed by atoms with Gasteiger partial charge in [0.2, 0.25) is 5.91 Å². The Hall–Kier alpha value is -3.62. The average Bonchev–Trinajstić information content (AvgIpc) is 2.71. The van der Waals surface area contributed by atoms with Crippen LogP contribution in [-0.2, 0) is 4.79 Å². The van der Waals surface area contributed by atoms with Crippen LogP contribution in [0, 0.1) is 13.8 Å². The highest BCUT2D eigenvalue weighted by molar-refractivity contribution is 5.79. The molecule has 1 amide bonds. The number of benzene rings is 1. The third-order valence-corrected chi connectivity index (χ3v) is 4.50. The van der Waals surface area contributed by atoms with Gasteiger partial charge in [-0.05, 0) is 37.1 Å². The van der Waals surface area contributed by atoms with E-state index in [2.05, 4.69) is 20.3 Å². The quantitative estimate of drug-likeness (QED) is 0.571. The van der Waals surface area contributed by atoms with Crippen LogP contribution in [0.5, 0.6) is 17.4 Å². The Bertz CT molecular complexity index is 1130. The second-order valence-corrected chi connectivity index (χ2v) is 6.76. The fraction of sp³-hybridized carbons (Fsp3) is 0.333. The second kappa shape index (κ2) is 8.81. The molecule has 9 nitrogen and oxygen atoms in total. The predicted octanol–water partition coefficient (Wildman–Crippen LogP) is 2.13. The fourth-order valence-electron chi connectivity index (χ4n) is 3.15. The van der Waals surface area contributed by atoms with Crippen molar-refractivity contribution in [3.05, 3.63) is 39.7 Å². The molecule has 3 aromatic rings. The lowest BCUT2D eigenvalue weighted by molar-refractivity contribution is -0.119. The van der Waals surface area contributed by atoms with E-state index in [9.17, 15) is 9.59 Å². The number of nitrogens with zero attached hydrogens (tertiary/aromatic N) is 2. The number of amides is 1. The molecule has 0 aliphatic rings. The lowest BCUT2D eigenvalue weighted by Crippen LogP contribution is -2.25. The lowest BCUT2D eigenvalue weighted by Gasteiger charge is -2.14. The molecule has 3 rings (SSSR count). The summed E-state index contributed by atoms with van der Waals surface area (Å²) >= 11 is 0. The standard InChI is InChI=1S/C21H24N4O5/c1-11-8-14(9-12(2)17(11)30-7-6-22-13(3)26)18-23-19-15(20(27)24-18)10-16(28-4)21(25-19)29-5/h8-10H,6-7H2,1-5H3,(H,22,26)(H,23,24,25,27). The monoisotopic (exact) mass is 412 g/mol. The molecule has 0 atom stereocenters. The Morgan fingerprint density at radius 3 is 2.40 bits per heavy atom. The molecule has 158 valence electrons. The number of carbonyl (C=O) groups excluding carboxylic acids is 1. The first-order chi connectivity index (χ1) is 14.3. The molecule has 0 aliphatic carbocycles. The summed E-state index contributed by atoms with van der Waals surface area (Å²) in [5.74, 6) is 1.64. The van der Waals surface area contributed by atoms with E-state index in [1.54, 1.807) is 6.07 Å². The first-order valence-electron chi connectivity index (χ1n) is 9.36. The van der Waals surface area contributed by atoms with Crippen LogP contribution in [0.25, 0.3) is 22.4 Å². The molecule has 0 fully saturated rings. The summed E-state index contributed by atoms with van der Waals surface area (Å²) in [6.45, 7) is 6.07. The van der Waals surface area contributed by atoms with Crippen LogP contribution in [0.3, 0.4) is 0 Å². The maximum atomic E-state index is 12.6. The molecule has 30 heavy (non-hydrogen) atoms. The molecule has 0 aliphatic heterocycles. The fourth-order valence-corrected chi connectivity index (χ4v) is 3.15. The number of hydrogen-bond donors (Lipinski definition) is 2. The van der Waals surface area contributed by atoms with Crippen molar-refractivity contribution in [1.29, 1.82) is 0 Å². The number of carbonyl (C=O) groups is 1. The number of fused-ring (bicyclic) bond motifs is 1. The van der Waals surface area contributed by atoms with Gasteiger partial charge in [-0.2, -0.15) is 4.98 Å². The zero-order valence-corrected chi connectivity index (χ0v) is 17.6. The number of nitrogens with one attached hydrogen (secondary N) is 2. The predicted molar refractivity (Wildman–Crippen MR) is 112 cm³/mol. The van der Waals surface area contributed by atoms with Crippen molar-refractivity contribution in [3.8, 4) is 28.8 Å². The Labute approximate surface area is 173 Å². The van der Waals surface area contributed by atoms with Crippen LogP contribution < -0.4 is 25.1 Å². The molecule has 9 heteroatoms. The highest BCUT2D eigenvalue weighted by Crippen LogP contribution is 2.30. The topological polar surface area (TPSA) is 115 Å². The molecule has 0 spiro atoms. The van der Waals surface area contributed by atoms with E-state index in [1.165, 1.54) is 21.1 Å². The molecule has 0 saturated carbocycles. The molecule has 1 aromatic carbocycles. The van der Waals surface area contributed by atoms with Gasteiger partial charge >= 0.3 is 0 Å². The first kappa shape index (κ1) is 21.1. The van der Waals surface area contributed by atoms with Gasteiger partial charge < -0.3 is 24.5 Å². The smallest absolute Gasteiger partial charge is 0.260 e. The molecule has 0 saturated heterocycles. The van der Waals surface area contributed by atoms with Gasteiger partial charge in [0.1, 0.15) is 18.2 Å². The van der Waals surface area contributed by atoms with Gasteiger partial charge in [0, 0.05) is 18.6 Å². The van der Waals surface area contributed by atoms with Gasteiger partial charge in [0.15, 0.2) is 11.4 Å². The van der Waals surface area contributed by atoms with Gasteiger partial charge in [-0.3, -0.25) is 9.59 Å². The minimum absolute atomic E-state index is 0.100. The zero-order valence-electron chi connectivity index (χ0n) is 17.6. The third-order valence-electron chi connectivity index (χ3n) is 4.50. The maximum absolute atomic E-state index is 12.6. The third kappa shape index (κ3) is 4.35.